The van der Waals surface area contributed by atoms with Crippen LogP contribution in [0.2, 0.25) is 0 Å². The van der Waals surface area contributed by atoms with E-state index in [1.54, 1.807) is 25.1 Å². The molecule has 188 valence electrons. The lowest BCUT2D eigenvalue weighted by molar-refractivity contribution is -0.274. The molecule has 10 heteroatoms. The van der Waals surface area contributed by atoms with Crippen LogP contribution in [0.25, 0.3) is 5.76 Å². The third kappa shape index (κ3) is 5.07. The predicted octanol–water partition coefficient (Wildman–Crippen LogP) is 5.90. The summed E-state index contributed by atoms with van der Waals surface area (Å²) in [5.74, 6) is -1.89. The molecule has 7 nitrogen and oxygen atoms in total. The number of halogens is 3. The zero-order chi connectivity index (χ0) is 26.0. The van der Waals surface area contributed by atoms with Gasteiger partial charge in [0.2, 0.25) is 0 Å². The fourth-order valence-corrected chi connectivity index (χ4v) is 3.88. The molecule has 3 aromatic rings. The van der Waals surface area contributed by atoms with Crippen molar-refractivity contribution in [1.29, 1.82) is 0 Å². The molecule has 1 aliphatic rings. The fourth-order valence-electron chi connectivity index (χ4n) is 3.88. The maximum absolute atomic E-state index is 13.1. The van der Waals surface area contributed by atoms with Crippen LogP contribution in [0, 0.1) is 6.92 Å². The van der Waals surface area contributed by atoms with Crippen molar-refractivity contribution < 1.29 is 41.8 Å². The first-order chi connectivity index (χ1) is 17.1. The first-order valence-corrected chi connectivity index (χ1v) is 11.1. The number of hydrogen-bond acceptors (Lipinski definition) is 6. The van der Waals surface area contributed by atoms with Gasteiger partial charge >= 0.3 is 6.36 Å². The van der Waals surface area contributed by atoms with E-state index in [1.165, 1.54) is 30.3 Å². The highest BCUT2D eigenvalue weighted by Crippen LogP contribution is 2.43. The number of ether oxygens (including phenoxy) is 2. The number of aryl methyl sites for hydroxylation is 1. The molecule has 0 saturated carbocycles. The molecule has 0 aliphatic carbocycles. The van der Waals surface area contributed by atoms with Crippen LogP contribution in [0.4, 0.5) is 18.9 Å². The van der Waals surface area contributed by atoms with Crippen LogP contribution < -0.4 is 14.4 Å². The second kappa shape index (κ2) is 9.80. The van der Waals surface area contributed by atoms with Gasteiger partial charge in [0.1, 0.15) is 34.8 Å². The van der Waals surface area contributed by atoms with E-state index in [2.05, 4.69) is 4.74 Å². The molecule has 0 spiro atoms. The Morgan fingerprint density at radius 1 is 1.06 bits per heavy atom. The van der Waals surface area contributed by atoms with Crippen molar-refractivity contribution in [2.75, 3.05) is 11.5 Å². The lowest BCUT2D eigenvalue weighted by atomic mass is 9.99. The third-order valence-corrected chi connectivity index (χ3v) is 5.41. The number of nitrogens with zero attached hydrogens (tertiary/aromatic N) is 1. The summed E-state index contributed by atoms with van der Waals surface area (Å²) in [4.78, 5) is 27.2. The van der Waals surface area contributed by atoms with Crippen LogP contribution >= 0.6 is 0 Å². The second-order valence-electron chi connectivity index (χ2n) is 8.04. The summed E-state index contributed by atoms with van der Waals surface area (Å²) in [7, 11) is 0. The molecule has 0 bridgehead atoms. The van der Waals surface area contributed by atoms with E-state index in [0.717, 1.165) is 23.5 Å². The molecule has 0 radical (unpaired) electrons. The van der Waals surface area contributed by atoms with E-state index < -0.39 is 35.6 Å². The molecule has 1 atom stereocenters. The number of benzene rings is 2. The topological polar surface area (TPSA) is 89.2 Å². The van der Waals surface area contributed by atoms with Crippen molar-refractivity contribution in [2.24, 2.45) is 0 Å². The Bertz CT molecular complexity index is 1310. The summed E-state index contributed by atoms with van der Waals surface area (Å²) in [5, 5.41) is 11.1. The molecular weight excluding hydrogens is 479 g/mol. The average molecular weight is 501 g/mol. The molecular formula is C26H22F3NO6. The van der Waals surface area contributed by atoms with Gasteiger partial charge in [0.25, 0.3) is 11.7 Å². The van der Waals surface area contributed by atoms with Crippen LogP contribution in [-0.2, 0) is 9.59 Å². The van der Waals surface area contributed by atoms with Crippen LogP contribution in [0.3, 0.4) is 0 Å². The summed E-state index contributed by atoms with van der Waals surface area (Å²) in [6.07, 6.45) is -4.14. The van der Waals surface area contributed by atoms with Crippen molar-refractivity contribution in [3.63, 3.8) is 0 Å². The lowest BCUT2D eigenvalue weighted by Crippen LogP contribution is -2.29. The Balaban J connectivity index is 1.81. The predicted molar refractivity (Wildman–Crippen MR) is 124 cm³/mol. The first-order valence-electron chi connectivity index (χ1n) is 11.1. The zero-order valence-corrected chi connectivity index (χ0v) is 19.3. The number of rotatable bonds is 7. The maximum atomic E-state index is 13.1. The van der Waals surface area contributed by atoms with Crippen LogP contribution in [0.5, 0.6) is 11.5 Å². The zero-order valence-electron chi connectivity index (χ0n) is 19.3. The molecule has 1 aromatic heterocycles. The standard InChI is InChI=1S/C26H22F3NO6/c1-3-13-34-18-10-8-16(9-11-18)23(31)21-22(20-12-7-15(2)35-20)30(25(33)24(21)32)17-5-4-6-19(14-17)36-26(27,28)29/h4-12,14,22,31H,3,13H2,1-2H3/b23-21-. The van der Waals surface area contributed by atoms with E-state index in [-0.39, 0.29) is 22.6 Å². The van der Waals surface area contributed by atoms with Gasteiger partial charge in [-0.05, 0) is 61.9 Å². The van der Waals surface area contributed by atoms with Crippen molar-refractivity contribution in [3.8, 4) is 11.5 Å². The van der Waals surface area contributed by atoms with Gasteiger partial charge in [0.05, 0.1) is 12.2 Å². The minimum absolute atomic E-state index is 0.0414. The normalized spacial score (nSPS) is 17.5. The fraction of sp³-hybridized carbons (Fsp3) is 0.231. The first kappa shape index (κ1) is 24.9. The summed E-state index contributed by atoms with van der Waals surface area (Å²) < 4.78 is 53.5. The number of carbonyl (C=O) groups is 2. The largest absolute Gasteiger partial charge is 0.573 e. The molecule has 2 aromatic carbocycles. The van der Waals surface area contributed by atoms with Crippen molar-refractivity contribution >= 4 is 23.1 Å². The van der Waals surface area contributed by atoms with Crippen LogP contribution in [0.15, 0.2) is 70.7 Å². The lowest BCUT2D eigenvalue weighted by Gasteiger charge is -2.24. The maximum Gasteiger partial charge on any atom is 0.573 e. The smallest absolute Gasteiger partial charge is 0.507 e. The summed E-state index contributed by atoms with van der Waals surface area (Å²) in [6.45, 7) is 4.12. The van der Waals surface area contributed by atoms with E-state index >= 15 is 0 Å². The van der Waals surface area contributed by atoms with Crippen molar-refractivity contribution in [1.82, 2.24) is 0 Å². The van der Waals surface area contributed by atoms with Gasteiger partial charge in [-0.25, -0.2) is 0 Å². The molecule has 1 unspecified atom stereocenters. The number of ketones is 1. The Hall–Kier alpha value is -4.21. The Labute approximate surface area is 204 Å². The van der Waals surface area contributed by atoms with Gasteiger partial charge in [-0.2, -0.15) is 0 Å². The Morgan fingerprint density at radius 2 is 1.78 bits per heavy atom. The molecule has 1 saturated heterocycles. The van der Waals surface area contributed by atoms with Gasteiger partial charge in [0.15, 0.2) is 0 Å². The monoisotopic (exact) mass is 501 g/mol. The highest BCUT2D eigenvalue weighted by atomic mass is 19.4. The number of anilines is 1. The minimum atomic E-state index is -4.95. The SMILES string of the molecule is CCCOc1ccc(/C(O)=C2/C(=O)C(=O)N(c3cccc(OC(F)(F)F)c3)C2c2ccc(C)o2)cc1. The van der Waals surface area contributed by atoms with Gasteiger partial charge in [-0.15, -0.1) is 13.2 Å². The number of Topliss-reactive ketones (excluding diaryl/α,β-unsaturated/α-hetero) is 1. The number of alkyl halides is 3. The molecule has 1 fully saturated rings. The van der Waals surface area contributed by atoms with Gasteiger partial charge in [0, 0.05) is 17.3 Å². The quantitative estimate of drug-likeness (QED) is 0.246. The number of aliphatic hydroxyl groups excluding tert-OH is 1. The van der Waals surface area contributed by atoms with E-state index in [0.29, 0.717) is 18.1 Å². The van der Waals surface area contributed by atoms with Crippen molar-refractivity contribution in [3.05, 3.63) is 83.3 Å². The van der Waals surface area contributed by atoms with Crippen LogP contribution in [0.1, 0.15) is 36.5 Å². The number of furan rings is 1. The Morgan fingerprint density at radius 3 is 2.39 bits per heavy atom. The molecule has 2 heterocycles. The summed E-state index contributed by atoms with van der Waals surface area (Å²) in [5.41, 5.74) is -0.0572. The number of aliphatic hydroxyl groups is 1. The second-order valence-corrected chi connectivity index (χ2v) is 8.04. The molecule has 36 heavy (non-hydrogen) atoms. The highest BCUT2D eigenvalue weighted by Gasteiger charge is 2.48. The molecule has 1 N–H and O–H groups in total. The third-order valence-electron chi connectivity index (χ3n) is 5.41. The van der Waals surface area contributed by atoms with E-state index in [4.69, 9.17) is 9.15 Å². The Kier molecular flexibility index (Phi) is 6.78. The number of hydrogen-bond donors (Lipinski definition) is 1. The highest BCUT2D eigenvalue weighted by molar-refractivity contribution is 6.51. The molecule has 4 rings (SSSR count). The minimum Gasteiger partial charge on any atom is -0.507 e. The van der Waals surface area contributed by atoms with Gasteiger partial charge < -0.3 is 19.0 Å². The van der Waals surface area contributed by atoms with E-state index in [9.17, 15) is 27.9 Å². The average Bonchev–Trinajstić information content (AvgIpc) is 3.37. The van der Waals surface area contributed by atoms with Crippen LogP contribution in [-0.4, -0.2) is 29.8 Å². The van der Waals surface area contributed by atoms with E-state index in [1.807, 2.05) is 6.92 Å². The number of carbonyl (C=O) groups excluding carboxylic acids is 2. The molecule has 1 aliphatic heterocycles. The van der Waals surface area contributed by atoms with Gasteiger partial charge in [-0.1, -0.05) is 13.0 Å². The summed E-state index contributed by atoms with van der Waals surface area (Å²) in [6, 6.07) is 12.9. The summed E-state index contributed by atoms with van der Waals surface area (Å²) >= 11 is 0. The number of amides is 1. The van der Waals surface area contributed by atoms with Crippen molar-refractivity contribution in [2.45, 2.75) is 32.7 Å². The van der Waals surface area contributed by atoms with Gasteiger partial charge in [-0.3, -0.25) is 14.5 Å². The molecule has 1 amide bonds.